The van der Waals surface area contributed by atoms with Crippen LogP contribution in [0, 0.1) is 5.41 Å². The van der Waals surface area contributed by atoms with Crippen LogP contribution in [0.4, 0.5) is 5.69 Å². The highest BCUT2D eigenvalue weighted by molar-refractivity contribution is 7.85. The summed E-state index contributed by atoms with van der Waals surface area (Å²) in [6.07, 6.45) is 2.26. The Morgan fingerprint density at radius 1 is 1.33 bits per heavy atom. The summed E-state index contributed by atoms with van der Waals surface area (Å²) in [6.45, 7) is 4.75. The van der Waals surface area contributed by atoms with Gasteiger partial charge in [0.25, 0.3) is 10.1 Å². The molecule has 0 bridgehead atoms. The van der Waals surface area contributed by atoms with E-state index in [0.717, 1.165) is 11.4 Å². The van der Waals surface area contributed by atoms with Crippen molar-refractivity contribution >= 4 is 27.7 Å². The number of rotatable bonds is 6. The first-order valence-corrected chi connectivity index (χ1v) is 8.56. The number of benzene rings is 1. The Kier molecular flexibility index (Phi) is 4.30. The zero-order valence-electron chi connectivity index (χ0n) is 12.3. The number of nitrogens with zero attached hydrogens (tertiary/aromatic N) is 1. The van der Waals surface area contributed by atoms with E-state index < -0.39 is 10.1 Å². The van der Waals surface area contributed by atoms with Gasteiger partial charge in [-0.25, -0.2) is 0 Å². The van der Waals surface area contributed by atoms with Gasteiger partial charge in [0.1, 0.15) is 6.54 Å². The normalized spacial score (nSPS) is 16.9. The highest BCUT2D eigenvalue weighted by Gasteiger charge is 2.44. The Labute approximate surface area is 125 Å². The van der Waals surface area contributed by atoms with Gasteiger partial charge >= 0.3 is 0 Å². The smallest absolute Gasteiger partial charge is 0.265 e. The van der Waals surface area contributed by atoms with Crippen LogP contribution in [0.25, 0.3) is 0 Å². The molecule has 0 unspecified atom stereocenters. The molecule has 0 amide bonds. The lowest BCUT2D eigenvalue weighted by Gasteiger charge is -2.16. The molecule has 6 heteroatoms. The van der Waals surface area contributed by atoms with Gasteiger partial charge in [0.15, 0.2) is 5.71 Å². The average molecular weight is 309 g/mol. The summed E-state index contributed by atoms with van der Waals surface area (Å²) in [7, 11) is -3.93. The molecular formula is C15H21N2O3S+. The van der Waals surface area contributed by atoms with E-state index in [1.807, 2.05) is 18.2 Å². The van der Waals surface area contributed by atoms with Gasteiger partial charge in [0.2, 0.25) is 5.69 Å². The van der Waals surface area contributed by atoms with Crippen LogP contribution in [0.5, 0.6) is 0 Å². The van der Waals surface area contributed by atoms with Gasteiger partial charge in [0, 0.05) is 24.3 Å². The van der Waals surface area contributed by atoms with Crippen molar-refractivity contribution in [3.8, 4) is 0 Å². The molecular weight excluding hydrogens is 288 g/mol. The highest BCUT2D eigenvalue weighted by atomic mass is 32.2. The summed E-state index contributed by atoms with van der Waals surface area (Å²) in [4.78, 5) is 0. The second-order valence-electron chi connectivity index (χ2n) is 5.79. The van der Waals surface area contributed by atoms with Crippen LogP contribution in [0.1, 0.15) is 32.3 Å². The standard InChI is InChI=1S/C15H20N2O3S/c1-15(2)12-6-3-4-7-13(12)17(14(15)8-9-16)10-5-11-21(18,19)20/h3-4,6-7,9,16H,5,8,10-11H2,1-2H3/p+1. The molecule has 0 aromatic heterocycles. The Morgan fingerprint density at radius 3 is 2.62 bits per heavy atom. The molecule has 0 atom stereocenters. The van der Waals surface area contributed by atoms with Crippen molar-refractivity contribution in [2.24, 2.45) is 0 Å². The molecule has 1 aromatic carbocycles. The number of hydrogen-bond donors (Lipinski definition) is 2. The quantitative estimate of drug-likeness (QED) is 0.481. The lowest BCUT2D eigenvalue weighted by Crippen LogP contribution is -2.30. The van der Waals surface area contributed by atoms with Crippen molar-refractivity contribution in [3.05, 3.63) is 29.8 Å². The molecule has 1 aliphatic rings. The summed E-state index contributed by atoms with van der Waals surface area (Å²) in [5.41, 5.74) is 3.17. The maximum absolute atomic E-state index is 10.9. The lowest BCUT2D eigenvalue weighted by atomic mass is 9.80. The van der Waals surface area contributed by atoms with E-state index >= 15 is 0 Å². The molecule has 0 fully saturated rings. The van der Waals surface area contributed by atoms with Crippen LogP contribution in [0.3, 0.4) is 0 Å². The third kappa shape index (κ3) is 3.22. The Balaban J connectivity index is 2.37. The van der Waals surface area contributed by atoms with Crippen LogP contribution in [0.2, 0.25) is 0 Å². The predicted molar refractivity (Wildman–Crippen MR) is 83.7 cm³/mol. The molecule has 2 rings (SSSR count). The monoisotopic (exact) mass is 309 g/mol. The third-order valence-electron chi connectivity index (χ3n) is 3.99. The van der Waals surface area contributed by atoms with Gasteiger partial charge in [-0.05, 0) is 13.8 Å². The van der Waals surface area contributed by atoms with Gasteiger partial charge in [-0.2, -0.15) is 13.0 Å². The van der Waals surface area contributed by atoms with Crippen molar-refractivity contribution in [2.75, 3.05) is 12.3 Å². The average Bonchev–Trinajstić information content (AvgIpc) is 2.60. The maximum Gasteiger partial charge on any atom is 0.265 e. The third-order valence-corrected chi connectivity index (χ3v) is 4.80. The highest BCUT2D eigenvalue weighted by Crippen LogP contribution is 2.40. The van der Waals surface area contributed by atoms with Crippen molar-refractivity contribution in [1.29, 1.82) is 5.41 Å². The van der Waals surface area contributed by atoms with Crippen LogP contribution in [0.15, 0.2) is 24.3 Å². The fourth-order valence-corrected chi connectivity index (χ4v) is 3.49. The SMILES string of the molecule is CC1(C)C(CC=N)=[N+](CCCS(=O)(=O)O)c2ccccc21. The maximum atomic E-state index is 10.9. The molecule has 0 saturated carbocycles. The molecule has 21 heavy (non-hydrogen) atoms. The van der Waals surface area contributed by atoms with Crippen LogP contribution in [-0.4, -0.2) is 41.8 Å². The summed E-state index contributed by atoms with van der Waals surface area (Å²) in [5, 5.41) is 7.41. The van der Waals surface area contributed by atoms with Gasteiger partial charge in [-0.1, -0.05) is 18.2 Å². The van der Waals surface area contributed by atoms with E-state index in [2.05, 4.69) is 24.5 Å². The molecule has 1 aliphatic heterocycles. The summed E-state index contributed by atoms with van der Waals surface area (Å²) in [5.74, 6) is -0.246. The van der Waals surface area contributed by atoms with Crippen LogP contribution < -0.4 is 0 Å². The number of nitrogens with one attached hydrogen (secondary N) is 1. The fourth-order valence-electron chi connectivity index (χ4n) is 3.00. The second kappa shape index (κ2) is 5.69. The van der Waals surface area contributed by atoms with Crippen molar-refractivity contribution in [2.45, 2.75) is 32.1 Å². The van der Waals surface area contributed by atoms with Gasteiger partial charge in [-0.3, -0.25) is 4.55 Å². The number of fused-ring (bicyclic) bond motifs is 1. The van der Waals surface area contributed by atoms with E-state index in [1.165, 1.54) is 11.8 Å². The van der Waals surface area contributed by atoms with Crippen molar-refractivity contribution in [1.82, 2.24) is 0 Å². The minimum atomic E-state index is -3.93. The summed E-state index contributed by atoms with van der Waals surface area (Å²) in [6, 6.07) is 8.03. The van der Waals surface area contributed by atoms with E-state index in [1.54, 1.807) is 0 Å². The Morgan fingerprint density at radius 2 is 2.00 bits per heavy atom. The van der Waals surface area contributed by atoms with Crippen molar-refractivity contribution < 1.29 is 17.5 Å². The largest absolute Gasteiger partial charge is 0.313 e. The van der Waals surface area contributed by atoms with E-state index in [4.69, 9.17) is 9.96 Å². The van der Waals surface area contributed by atoms with Crippen molar-refractivity contribution in [3.63, 3.8) is 0 Å². The first-order chi connectivity index (χ1) is 9.77. The number of hydrogen-bond acceptors (Lipinski definition) is 3. The van der Waals surface area contributed by atoms with Gasteiger partial charge in [-0.15, -0.1) is 0 Å². The predicted octanol–water partition coefficient (Wildman–Crippen LogP) is 2.38. The minimum absolute atomic E-state index is 0.174. The molecule has 2 N–H and O–H groups in total. The summed E-state index contributed by atoms with van der Waals surface area (Å²) < 4.78 is 32.7. The summed E-state index contributed by atoms with van der Waals surface area (Å²) >= 11 is 0. The molecule has 1 heterocycles. The van der Waals surface area contributed by atoms with E-state index in [0.29, 0.717) is 19.4 Å². The molecule has 0 radical (unpaired) electrons. The topological polar surface area (TPSA) is 81.2 Å². The van der Waals surface area contributed by atoms with Crippen LogP contribution in [-0.2, 0) is 15.5 Å². The molecule has 114 valence electrons. The molecule has 0 spiro atoms. The van der Waals surface area contributed by atoms with E-state index in [9.17, 15) is 8.42 Å². The minimum Gasteiger partial charge on any atom is -0.313 e. The fraction of sp³-hybridized carbons (Fsp3) is 0.467. The van der Waals surface area contributed by atoms with Gasteiger partial charge in [0.05, 0.1) is 17.6 Å². The lowest BCUT2D eigenvalue weighted by molar-refractivity contribution is -0.439. The zero-order chi connectivity index (χ0) is 15.7. The molecule has 0 saturated heterocycles. The molecule has 5 nitrogen and oxygen atoms in total. The number of para-hydroxylation sites is 1. The molecule has 0 aliphatic carbocycles. The van der Waals surface area contributed by atoms with Crippen LogP contribution >= 0.6 is 0 Å². The first kappa shape index (κ1) is 15.9. The van der Waals surface area contributed by atoms with Gasteiger partial charge < -0.3 is 5.41 Å². The Hall–Kier alpha value is -1.53. The van der Waals surface area contributed by atoms with E-state index in [-0.39, 0.29) is 11.2 Å². The Bertz CT molecular complexity index is 691. The molecule has 1 aromatic rings. The zero-order valence-corrected chi connectivity index (χ0v) is 13.2. The first-order valence-electron chi connectivity index (χ1n) is 6.95. The second-order valence-corrected chi connectivity index (χ2v) is 7.36.